The highest BCUT2D eigenvalue weighted by atomic mass is 16.3. The Morgan fingerprint density at radius 3 is 2.62 bits per heavy atom. The third-order valence-corrected chi connectivity index (χ3v) is 5.08. The molecule has 1 N–H and O–H groups in total. The van der Waals surface area contributed by atoms with Crippen molar-refractivity contribution in [3.63, 3.8) is 0 Å². The maximum Gasteiger partial charge on any atom is 0.244 e. The Bertz CT molecular complexity index is 739. The first-order chi connectivity index (χ1) is 11.4. The first-order valence-electron chi connectivity index (χ1n) is 8.53. The number of hydrogen-bond donors (Lipinski definition) is 1. The molecule has 1 aromatic heterocycles. The molecular formula is C19H25N3O2. The highest BCUT2D eigenvalue weighted by molar-refractivity contribution is 5.76. The van der Waals surface area contributed by atoms with E-state index in [-0.39, 0.29) is 12.5 Å². The molecule has 1 amide bonds. The SMILES string of the molecule is CCc1c(C)nn(CC(=O)N2CC[C@@](O)(c3ccccc3)C2)c1C. The van der Waals surface area contributed by atoms with Gasteiger partial charge < -0.3 is 10.0 Å². The minimum absolute atomic E-state index is 0.00936. The van der Waals surface area contributed by atoms with Gasteiger partial charge in [0, 0.05) is 12.2 Å². The summed E-state index contributed by atoms with van der Waals surface area (Å²) in [4.78, 5) is 14.4. The average Bonchev–Trinajstić information content (AvgIpc) is 3.10. The van der Waals surface area contributed by atoms with E-state index in [0.717, 1.165) is 23.4 Å². The van der Waals surface area contributed by atoms with Crippen molar-refractivity contribution < 1.29 is 9.90 Å². The summed E-state index contributed by atoms with van der Waals surface area (Å²) < 4.78 is 1.79. The smallest absolute Gasteiger partial charge is 0.244 e. The highest BCUT2D eigenvalue weighted by Crippen LogP contribution is 2.31. The summed E-state index contributed by atoms with van der Waals surface area (Å²) in [6.07, 6.45) is 1.49. The van der Waals surface area contributed by atoms with Crippen LogP contribution >= 0.6 is 0 Å². The number of nitrogens with zero attached hydrogens (tertiary/aromatic N) is 3. The van der Waals surface area contributed by atoms with Crippen LogP contribution in [0.15, 0.2) is 30.3 Å². The Balaban J connectivity index is 1.71. The van der Waals surface area contributed by atoms with Crippen LogP contribution in [-0.2, 0) is 23.4 Å². The van der Waals surface area contributed by atoms with Crippen molar-refractivity contribution in [1.82, 2.24) is 14.7 Å². The van der Waals surface area contributed by atoms with Crippen molar-refractivity contribution in [2.75, 3.05) is 13.1 Å². The maximum absolute atomic E-state index is 12.6. The van der Waals surface area contributed by atoms with Gasteiger partial charge in [0.25, 0.3) is 0 Å². The number of benzene rings is 1. The zero-order valence-electron chi connectivity index (χ0n) is 14.6. The van der Waals surface area contributed by atoms with Crippen LogP contribution in [0.25, 0.3) is 0 Å². The van der Waals surface area contributed by atoms with Crippen LogP contribution in [0.4, 0.5) is 0 Å². The lowest BCUT2D eigenvalue weighted by atomic mass is 9.93. The van der Waals surface area contributed by atoms with Gasteiger partial charge in [-0.25, -0.2) is 0 Å². The van der Waals surface area contributed by atoms with E-state index in [2.05, 4.69) is 12.0 Å². The highest BCUT2D eigenvalue weighted by Gasteiger charge is 2.39. The molecule has 0 radical (unpaired) electrons. The van der Waals surface area contributed by atoms with Crippen molar-refractivity contribution in [1.29, 1.82) is 0 Å². The third-order valence-electron chi connectivity index (χ3n) is 5.08. The second-order valence-corrected chi connectivity index (χ2v) is 6.62. The van der Waals surface area contributed by atoms with Crippen LogP contribution in [-0.4, -0.2) is 38.8 Å². The number of amides is 1. The van der Waals surface area contributed by atoms with Gasteiger partial charge in [-0.3, -0.25) is 9.48 Å². The van der Waals surface area contributed by atoms with Gasteiger partial charge in [0.15, 0.2) is 0 Å². The van der Waals surface area contributed by atoms with Crippen LogP contribution in [0, 0.1) is 13.8 Å². The second kappa shape index (κ2) is 6.40. The van der Waals surface area contributed by atoms with Crippen molar-refractivity contribution >= 4 is 5.91 Å². The Morgan fingerprint density at radius 1 is 1.29 bits per heavy atom. The fourth-order valence-electron chi connectivity index (χ4n) is 3.62. The van der Waals surface area contributed by atoms with E-state index in [4.69, 9.17) is 0 Å². The van der Waals surface area contributed by atoms with Gasteiger partial charge in [-0.05, 0) is 37.8 Å². The molecule has 128 valence electrons. The van der Waals surface area contributed by atoms with Crippen LogP contribution < -0.4 is 0 Å². The molecule has 0 aliphatic carbocycles. The van der Waals surface area contributed by atoms with Crippen molar-refractivity contribution in [2.45, 2.75) is 45.8 Å². The molecule has 24 heavy (non-hydrogen) atoms. The largest absolute Gasteiger partial charge is 0.383 e. The molecule has 1 aliphatic heterocycles. The third kappa shape index (κ3) is 2.96. The molecule has 0 unspecified atom stereocenters. The second-order valence-electron chi connectivity index (χ2n) is 6.62. The molecule has 0 bridgehead atoms. The van der Waals surface area contributed by atoms with Gasteiger partial charge in [0.2, 0.25) is 5.91 Å². The number of aryl methyl sites for hydroxylation is 1. The monoisotopic (exact) mass is 327 g/mol. The molecule has 1 aromatic carbocycles. The number of aliphatic hydroxyl groups is 1. The molecule has 1 atom stereocenters. The Hall–Kier alpha value is -2.14. The fourth-order valence-corrected chi connectivity index (χ4v) is 3.62. The number of likely N-dealkylation sites (tertiary alicyclic amines) is 1. The first kappa shape index (κ1) is 16.7. The number of β-amino-alcohol motifs (C(OH)–C–C–N with tert-alkyl or cyclic N) is 1. The van der Waals surface area contributed by atoms with Gasteiger partial charge in [-0.1, -0.05) is 37.3 Å². The number of carbonyl (C=O) groups is 1. The zero-order chi connectivity index (χ0) is 17.3. The Morgan fingerprint density at radius 2 is 2.00 bits per heavy atom. The molecule has 5 heteroatoms. The van der Waals surface area contributed by atoms with E-state index in [1.165, 1.54) is 5.56 Å². The van der Waals surface area contributed by atoms with E-state index in [1.54, 1.807) is 9.58 Å². The fraction of sp³-hybridized carbons (Fsp3) is 0.474. The summed E-state index contributed by atoms with van der Waals surface area (Å²) in [7, 11) is 0. The Kier molecular flexibility index (Phi) is 4.45. The van der Waals surface area contributed by atoms with E-state index in [1.807, 2.05) is 44.2 Å². The van der Waals surface area contributed by atoms with E-state index in [9.17, 15) is 9.90 Å². The minimum Gasteiger partial charge on any atom is -0.383 e. The lowest BCUT2D eigenvalue weighted by Crippen LogP contribution is -2.36. The van der Waals surface area contributed by atoms with E-state index >= 15 is 0 Å². The number of carbonyl (C=O) groups excluding carboxylic acids is 1. The summed E-state index contributed by atoms with van der Waals surface area (Å²) in [6, 6.07) is 9.60. The normalized spacial score (nSPS) is 20.6. The molecule has 5 nitrogen and oxygen atoms in total. The molecule has 1 fully saturated rings. The van der Waals surface area contributed by atoms with Crippen molar-refractivity contribution in [2.24, 2.45) is 0 Å². The summed E-state index contributed by atoms with van der Waals surface area (Å²) in [5.41, 5.74) is 3.19. The lowest BCUT2D eigenvalue weighted by molar-refractivity contribution is -0.132. The number of rotatable bonds is 4. The van der Waals surface area contributed by atoms with Gasteiger partial charge in [-0.2, -0.15) is 5.10 Å². The Labute approximate surface area is 142 Å². The maximum atomic E-state index is 12.6. The minimum atomic E-state index is -0.944. The zero-order valence-corrected chi connectivity index (χ0v) is 14.6. The molecule has 2 heterocycles. The summed E-state index contributed by atoms with van der Waals surface area (Å²) in [5.74, 6) is 0.00936. The summed E-state index contributed by atoms with van der Waals surface area (Å²) >= 11 is 0. The van der Waals surface area contributed by atoms with E-state index in [0.29, 0.717) is 19.5 Å². The predicted molar refractivity (Wildman–Crippen MR) is 92.6 cm³/mol. The standard InChI is InChI=1S/C19H25N3O2/c1-4-17-14(2)20-22(15(17)3)12-18(23)21-11-10-19(24,13-21)16-8-6-5-7-9-16/h5-9,24H,4,10-13H2,1-3H3/t19-/m0/s1. The van der Waals surface area contributed by atoms with Crippen LogP contribution in [0.1, 0.15) is 35.9 Å². The quantitative estimate of drug-likeness (QED) is 0.936. The lowest BCUT2D eigenvalue weighted by Gasteiger charge is -2.24. The summed E-state index contributed by atoms with van der Waals surface area (Å²) in [6.45, 7) is 7.24. The van der Waals surface area contributed by atoms with Crippen LogP contribution in [0.2, 0.25) is 0 Å². The van der Waals surface area contributed by atoms with Gasteiger partial charge in [0.1, 0.15) is 12.1 Å². The molecule has 3 rings (SSSR count). The topological polar surface area (TPSA) is 58.4 Å². The van der Waals surface area contributed by atoms with Crippen LogP contribution in [0.5, 0.6) is 0 Å². The van der Waals surface area contributed by atoms with Crippen molar-refractivity contribution in [3.05, 3.63) is 52.8 Å². The van der Waals surface area contributed by atoms with Crippen LogP contribution in [0.3, 0.4) is 0 Å². The van der Waals surface area contributed by atoms with Gasteiger partial charge in [0.05, 0.1) is 12.2 Å². The molecule has 0 saturated carbocycles. The predicted octanol–water partition coefficient (Wildman–Crippen LogP) is 2.18. The number of aromatic nitrogens is 2. The first-order valence-corrected chi connectivity index (χ1v) is 8.53. The molecule has 1 aliphatic rings. The molecule has 2 aromatic rings. The molecule has 0 spiro atoms. The van der Waals surface area contributed by atoms with E-state index < -0.39 is 5.60 Å². The van der Waals surface area contributed by atoms with Crippen molar-refractivity contribution in [3.8, 4) is 0 Å². The number of hydrogen-bond acceptors (Lipinski definition) is 3. The molecular weight excluding hydrogens is 302 g/mol. The molecule has 1 saturated heterocycles. The average molecular weight is 327 g/mol. The van der Waals surface area contributed by atoms with Gasteiger partial charge >= 0.3 is 0 Å². The summed E-state index contributed by atoms with van der Waals surface area (Å²) in [5, 5.41) is 15.4. The van der Waals surface area contributed by atoms with Gasteiger partial charge in [-0.15, -0.1) is 0 Å².